The molecule has 2 aromatic heterocycles. The van der Waals surface area contributed by atoms with E-state index in [0.717, 1.165) is 22.5 Å². The minimum absolute atomic E-state index is 0.388. The van der Waals surface area contributed by atoms with Crippen LogP contribution < -0.4 is 10.6 Å². The molecule has 0 fully saturated rings. The second-order valence-corrected chi connectivity index (χ2v) is 6.22. The van der Waals surface area contributed by atoms with Gasteiger partial charge in [0.15, 0.2) is 0 Å². The minimum atomic E-state index is -0.441. The van der Waals surface area contributed by atoms with Crippen LogP contribution in [0.5, 0.6) is 0 Å². The first-order valence-corrected chi connectivity index (χ1v) is 8.47. The zero-order chi connectivity index (χ0) is 18.8. The molecule has 0 atom stereocenters. The Morgan fingerprint density at radius 2 is 1.74 bits per heavy atom. The number of hydrogen-bond acceptors (Lipinski definition) is 2. The molecule has 0 bridgehead atoms. The van der Waals surface area contributed by atoms with Crippen molar-refractivity contribution in [2.45, 2.75) is 6.92 Å². The average Bonchev–Trinajstić information content (AvgIpc) is 3.08. The first kappa shape index (κ1) is 16.8. The summed E-state index contributed by atoms with van der Waals surface area (Å²) in [6.45, 7) is 2.01. The molecular formula is C21H17FN4O. The summed E-state index contributed by atoms with van der Waals surface area (Å²) < 4.78 is 15.2. The van der Waals surface area contributed by atoms with Gasteiger partial charge in [-0.15, -0.1) is 0 Å². The number of halogens is 1. The number of hydrogen-bond donors (Lipinski definition) is 2. The predicted molar refractivity (Wildman–Crippen MR) is 104 cm³/mol. The molecule has 134 valence electrons. The molecule has 2 heterocycles. The third-order valence-electron chi connectivity index (χ3n) is 4.18. The molecule has 4 rings (SSSR count). The molecule has 2 N–H and O–H groups in total. The summed E-state index contributed by atoms with van der Waals surface area (Å²) in [5, 5.41) is 5.37. The standard InChI is InChI=1S/C21H17FN4O/c1-14-5-4-10-26-13-19(25-20(14)26)15-6-2-8-17(11-15)23-21(27)24-18-9-3-7-16(22)12-18/h2-13H,1H3,(H2,23,24,27). The van der Waals surface area contributed by atoms with E-state index in [0.29, 0.717) is 11.4 Å². The van der Waals surface area contributed by atoms with Gasteiger partial charge in [0, 0.05) is 29.3 Å². The van der Waals surface area contributed by atoms with Crippen LogP contribution in [0.2, 0.25) is 0 Å². The quantitative estimate of drug-likeness (QED) is 0.534. The number of urea groups is 1. The van der Waals surface area contributed by atoms with E-state index in [1.54, 1.807) is 12.1 Å². The van der Waals surface area contributed by atoms with Crippen LogP contribution in [0.3, 0.4) is 0 Å². The molecule has 0 saturated heterocycles. The van der Waals surface area contributed by atoms with E-state index < -0.39 is 11.8 Å². The summed E-state index contributed by atoms with van der Waals surface area (Å²) >= 11 is 0. The van der Waals surface area contributed by atoms with Gasteiger partial charge in [0.2, 0.25) is 0 Å². The molecule has 0 unspecified atom stereocenters. The smallest absolute Gasteiger partial charge is 0.308 e. The number of nitrogens with one attached hydrogen (secondary N) is 2. The number of aryl methyl sites for hydroxylation is 1. The predicted octanol–water partition coefficient (Wildman–Crippen LogP) is 5.09. The largest absolute Gasteiger partial charge is 0.323 e. The number of pyridine rings is 1. The Labute approximate surface area is 155 Å². The molecule has 0 aliphatic carbocycles. The van der Waals surface area contributed by atoms with Crippen molar-refractivity contribution in [2.75, 3.05) is 10.6 Å². The normalized spacial score (nSPS) is 10.7. The zero-order valence-corrected chi connectivity index (χ0v) is 14.6. The van der Waals surface area contributed by atoms with Gasteiger partial charge in [-0.05, 0) is 48.9 Å². The lowest BCUT2D eigenvalue weighted by Gasteiger charge is -2.08. The van der Waals surface area contributed by atoms with Crippen LogP contribution in [0.15, 0.2) is 73.1 Å². The fourth-order valence-corrected chi connectivity index (χ4v) is 2.91. The molecule has 27 heavy (non-hydrogen) atoms. The fraction of sp³-hybridized carbons (Fsp3) is 0.0476. The van der Waals surface area contributed by atoms with Gasteiger partial charge in [-0.2, -0.15) is 0 Å². The Balaban J connectivity index is 1.55. The minimum Gasteiger partial charge on any atom is -0.308 e. The first-order chi connectivity index (χ1) is 13.1. The first-order valence-electron chi connectivity index (χ1n) is 8.47. The molecular weight excluding hydrogens is 343 g/mol. The van der Waals surface area contributed by atoms with Crippen LogP contribution in [0.1, 0.15) is 5.56 Å². The van der Waals surface area contributed by atoms with Crippen LogP contribution in [-0.2, 0) is 0 Å². The average molecular weight is 360 g/mol. The molecule has 0 radical (unpaired) electrons. The zero-order valence-electron chi connectivity index (χ0n) is 14.6. The SMILES string of the molecule is Cc1cccn2cc(-c3cccc(NC(=O)Nc4cccc(F)c4)c3)nc12. The van der Waals surface area contributed by atoms with Crippen LogP contribution >= 0.6 is 0 Å². The monoisotopic (exact) mass is 360 g/mol. The number of nitrogens with zero attached hydrogens (tertiary/aromatic N) is 2. The third-order valence-corrected chi connectivity index (χ3v) is 4.18. The maximum Gasteiger partial charge on any atom is 0.323 e. The molecule has 0 aliphatic heterocycles. The van der Waals surface area contributed by atoms with E-state index in [9.17, 15) is 9.18 Å². The van der Waals surface area contributed by atoms with Gasteiger partial charge in [0.1, 0.15) is 11.5 Å². The van der Waals surface area contributed by atoms with Crippen molar-refractivity contribution in [2.24, 2.45) is 0 Å². The number of rotatable bonds is 3. The van der Waals surface area contributed by atoms with Crippen molar-refractivity contribution in [1.29, 1.82) is 0 Å². The van der Waals surface area contributed by atoms with Crippen molar-refractivity contribution in [1.82, 2.24) is 9.38 Å². The topological polar surface area (TPSA) is 58.4 Å². The Morgan fingerprint density at radius 1 is 1.00 bits per heavy atom. The highest BCUT2D eigenvalue weighted by molar-refractivity contribution is 6.00. The molecule has 0 spiro atoms. The van der Waals surface area contributed by atoms with E-state index >= 15 is 0 Å². The van der Waals surface area contributed by atoms with Gasteiger partial charge in [0.25, 0.3) is 0 Å². The number of fused-ring (bicyclic) bond motifs is 1. The van der Waals surface area contributed by atoms with Gasteiger partial charge in [-0.1, -0.05) is 24.3 Å². The third kappa shape index (κ3) is 3.64. The molecule has 0 saturated carbocycles. The van der Waals surface area contributed by atoms with Gasteiger partial charge >= 0.3 is 6.03 Å². The van der Waals surface area contributed by atoms with Crippen molar-refractivity contribution >= 4 is 23.1 Å². The lowest BCUT2D eigenvalue weighted by molar-refractivity contribution is 0.262. The molecule has 2 aromatic carbocycles. The molecule has 0 aliphatic rings. The Morgan fingerprint density at radius 3 is 2.48 bits per heavy atom. The number of anilines is 2. The number of carbonyl (C=O) groups excluding carboxylic acids is 1. The molecule has 2 amide bonds. The molecule has 5 nitrogen and oxygen atoms in total. The maximum atomic E-state index is 13.2. The van der Waals surface area contributed by atoms with Crippen molar-refractivity contribution in [3.8, 4) is 11.3 Å². The van der Waals surface area contributed by atoms with Crippen LogP contribution in [0.25, 0.3) is 16.9 Å². The van der Waals surface area contributed by atoms with E-state index in [1.165, 1.54) is 18.2 Å². The molecule has 6 heteroatoms. The van der Waals surface area contributed by atoms with Gasteiger partial charge in [0.05, 0.1) is 5.69 Å². The summed E-state index contributed by atoms with van der Waals surface area (Å²) in [5.74, 6) is -0.406. The number of aromatic nitrogens is 2. The van der Waals surface area contributed by atoms with Crippen molar-refractivity contribution in [3.63, 3.8) is 0 Å². The highest BCUT2D eigenvalue weighted by Gasteiger charge is 2.08. The van der Waals surface area contributed by atoms with Crippen LogP contribution in [0.4, 0.5) is 20.6 Å². The molecule has 4 aromatic rings. The lowest BCUT2D eigenvalue weighted by atomic mass is 10.1. The van der Waals surface area contributed by atoms with E-state index in [2.05, 4.69) is 15.6 Å². The van der Waals surface area contributed by atoms with Gasteiger partial charge in [-0.25, -0.2) is 14.2 Å². The summed E-state index contributed by atoms with van der Waals surface area (Å²) in [4.78, 5) is 16.8. The lowest BCUT2D eigenvalue weighted by Crippen LogP contribution is -2.19. The summed E-state index contributed by atoms with van der Waals surface area (Å²) in [6.07, 6.45) is 3.90. The summed E-state index contributed by atoms with van der Waals surface area (Å²) in [5.41, 5.74) is 4.71. The van der Waals surface area contributed by atoms with Crippen LogP contribution in [-0.4, -0.2) is 15.4 Å². The van der Waals surface area contributed by atoms with E-state index in [4.69, 9.17) is 0 Å². The maximum absolute atomic E-state index is 13.2. The summed E-state index contributed by atoms with van der Waals surface area (Å²) in [6, 6.07) is 16.7. The summed E-state index contributed by atoms with van der Waals surface area (Å²) in [7, 11) is 0. The second-order valence-electron chi connectivity index (χ2n) is 6.22. The van der Waals surface area contributed by atoms with E-state index in [-0.39, 0.29) is 0 Å². The highest BCUT2D eigenvalue weighted by Crippen LogP contribution is 2.23. The van der Waals surface area contributed by atoms with E-state index in [1.807, 2.05) is 54.0 Å². The number of benzene rings is 2. The highest BCUT2D eigenvalue weighted by atomic mass is 19.1. The number of carbonyl (C=O) groups is 1. The number of imidazole rings is 1. The second kappa shape index (κ2) is 6.92. The Bertz CT molecular complexity index is 1140. The van der Waals surface area contributed by atoms with Crippen molar-refractivity contribution in [3.05, 3.63) is 84.4 Å². The van der Waals surface area contributed by atoms with Crippen LogP contribution in [0, 0.1) is 12.7 Å². The van der Waals surface area contributed by atoms with Gasteiger partial charge < -0.3 is 15.0 Å². The fourth-order valence-electron chi connectivity index (χ4n) is 2.91. The number of amides is 2. The van der Waals surface area contributed by atoms with Crippen molar-refractivity contribution < 1.29 is 9.18 Å². The Kier molecular flexibility index (Phi) is 4.30. The Hall–Kier alpha value is -3.67. The van der Waals surface area contributed by atoms with Gasteiger partial charge in [-0.3, -0.25) is 0 Å².